The first-order valence-corrected chi connectivity index (χ1v) is 12.9. The van der Waals surface area contributed by atoms with E-state index in [0.717, 1.165) is 6.42 Å². The van der Waals surface area contributed by atoms with Gasteiger partial charge in [-0.3, -0.25) is 14.6 Å². The maximum Gasteiger partial charge on any atom is 0.257 e. The van der Waals surface area contributed by atoms with E-state index < -0.39 is 10.0 Å². The number of amides is 2. The summed E-state index contributed by atoms with van der Waals surface area (Å²) >= 11 is 0. The molecule has 0 radical (unpaired) electrons. The average Bonchev–Trinajstić information content (AvgIpc) is 2.85. The van der Waals surface area contributed by atoms with Gasteiger partial charge < -0.3 is 10.2 Å². The molecule has 9 heteroatoms. The van der Waals surface area contributed by atoms with E-state index >= 15 is 0 Å². The summed E-state index contributed by atoms with van der Waals surface area (Å²) in [4.78, 5) is 30.7. The molecule has 2 heterocycles. The number of likely N-dealkylation sites (tertiary alicyclic amines) is 1. The van der Waals surface area contributed by atoms with Crippen LogP contribution in [0.2, 0.25) is 0 Å². The topological polar surface area (TPSA) is 108 Å². The molecule has 2 aromatic carbocycles. The highest BCUT2D eigenvalue weighted by molar-refractivity contribution is 7.89. The molecule has 3 aromatic rings. The molecule has 2 N–H and O–H groups in total. The Morgan fingerprint density at radius 1 is 1.03 bits per heavy atom. The number of hydrogen-bond acceptors (Lipinski definition) is 5. The summed E-state index contributed by atoms with van der Waals surface area (Å²) in [6.45, 7) is 3.07. The van der Waals surface area contributed by atoms with E-state index in [1.54, 1.807) is 48.7 Å². The number of aromatic nitrogens is 1. The van der Waals surface area contributed by atoms with Crippen molar-refractivity contribution in [1.29, 1.82) is 0 Å². The summed E-state index contributed by atoms with van der Waals surface area (Å²) in [5, 5.41) is 4.01. The number of carbonyl (C=O) groups excluding carboxylic acids is 2. The van der Waals surface area contributed by atoms with Crippen LogP contribution >= 0.6 is 0 Å². The van der Waals surface area contributed by atoms with Crippen molar-refractivity contribution in [1.82, 2.24) is 14.6 Å². The van der Waals surface area contributed by atoms with Gasteiger partial charge in [0, 0.05) is 54.4 Å². The minimum Gasteiger partial charge on any atom is -0.343 e. The van der Waals surface area contributed by atoms with Crippen LogP contribution in [0.15, 0.2) is 65.8 Å². The zero-order chi connectivity index (χ0) is 24.1. The number of piperidine rings is 1. The zero-order valence-electron chi connectivity index (χ0n) is 19.0. The number of hydrogen-bond donors (Lipinski definition) is 2. The fourth-order valence-corrected chi connectivity index (χ4v) is 5.72. The standard InChI is InChI=1S/C25H28N4O4S/c1-2-6-24(30)29-15-12-19(13-16-29)28-34(32,33)23-11-10-22(20-8-3-4-9-21(20)23)27-25(31)18-7-5-14-26-17-18/h3-5,7-11,14,17,19,28H,2,6,12-13,15-16H2,1H3,(H,27,31). The maximum absolute atomic E-state index is 13.3. The Morgan fingerprint density at radius 3 is 2.44 bits per heavy atom. The third kappa shape index (κ3) is 5.26. The molecule has 1 aliphatic rings. The molecule has 4 rings (SSSR count). The molecular weight excluding hydrogens is 452 g/mol. The molecular formula is C25H28N4O4S. The molecule has 34 heavy (non-hydrogen) atoms. The van der Waals surface area contributed by atoms with E-state index in [-0.39, 0.29) is 22.8 Å². The van der Waals surface area contributed by atoms with Gasteiger partial charge in [-0.1, -0.05) is 31.2 Å². The lowest BCUT2D eigenvalue weighted by molar-refractivity contribution is -0.132. The molecule has 0 spiro atoms. The maximum atomic E-state index is 13.3. The van der Waals surface area contributed by atoms with Crippen molar-refractivity contribution in [3.05, 3.63) is 66.5 Å². The Labute approximate surface area is 199 Å². The van der Waals surface area contributed by atoms with Crippen molar-refractivity contribution in [2.45, 2.75) is 43.5 Å². The van der Waals surface area contributed by atoms with Gasteiger partial charge in [0.1, 0.15) is 0 Å². The first-order valence-electron chi connectivity index (χ1n) is 11.4. The molecule has 0 aliphatic carbocycles. The highest BCUT2D eigenvalue weighted by atomic mass is 32.2. The Balaban J connectivity index is 1.53. The van der Waals surface area contributed by atoms with Gasteiger partial charge in [-0.2, -0.15) is 0 Å². The van der Waals surface area contributed by atoms with Gasteiger partial charge >= 0.3 is 0 Å². The molecule has 0 bridgehead atoms. The minimum atomic E-state index is -3.81. The fourth-order valence-electron chi connectivity index (χ4n) is 4.21. The van der Waals surface area contributed by atoms with Crippen LogP contribution in [0.25, 0.3) is 10.8 Å². The minimum absolute atomic E-state index is 0.124. The van der Waals surface area contributed by atoms with Gasteiger partial charge in [0.15, 0.2) is 0 Å². The number of nitrogens with zero attached hydrogens (tertiary/aromatic N) is 2. The van der Waals surface area contributed by atoms with E-state index in [0.29, 0.717) is 54.4 Å². The second-order valence-corrected chi connectivity index (χ2v) is 10.1. The Bertz CT molecular complexity index is 1290. The molecule has 1 saturated heterocycles. The van der Waals surface area contributed by atoms with Crippen molar-refractivity contribution in [2.75, 3.05) is 18.4 Å². The smallest absolute Gasteiger partial charge is 0.257 e. The molecule has 1 fully saturated rings. The van der Waals surface area contributed by atoms with Crippen molar-refractivity contribution in [2.24, 2.45) is 0 Å². The van der Waals surface area contributed by atoms with Crippen LogP contribution in [0.3, 0.4) is 0 Å². The van der Waals surface area contributed by atoms with Gasteiger partial charge in [-0.25, -0.2) is 13.1 Å². The van der Waals surface area contributed by atoms with Crippen molar-refractivity contribution in [3.63, 3.8) is 0 Å². The summed E-state index contributed by atoms with van der Waals surface area (Å²) < 4.78 is 29.4. The van der Waals surface area contributed by atoms with Crippen molar-refractivity contribution < 1.29 is 18.0 Å². The van der Waals surface area contributed by atoms with Crippen molar-refractivity contribution >= 4 is 38.3 Å². The van der Waals surface area contributed by atoms with Gasteiger partial charge in [0.2, 0.25) is 15.9 Å². The Morgan fingerprint density at radius 2 is 1.76 bits per heavy atom. The predicted octanol–water partition coefficient (Wildman–Crippen LogP) is 3.56. The first-order chi connectivity index (χ1) is 16.4. The largest absolute Gasteiger partial charge is 0.343 e. The molecule has 1 aliphatic heterocycles. The summed E-state index contributed by atoms with van der Waals surface area (Å²) in [6.07, 6.45) is 5.54. The monoisotopic (exact) mass is 480 g/mol. The average molecular weight is 481 g/mol. The lowest BCUT2D eigenvalue weighted by Crippen LogP contribution is -2.46. The molecule has 178 valence electrons. The number of benzene rings is 2. The van der Waals surface area contributed by atoms with Gasteiger partial charge in [0.05, 0.1) is 10.5 Å². The van der Waals surface area contributed by atoms with Gasteiger partial charge in [0.25, 0.3) is 5.91 Å². The summed E-state index contributed by atoms with van der Waals surface area (Å²) in [5.74, 6) is -0.199. The lowest BCUT2D eigenvalue weighted by atomic mass is 10.1. The second kappa shape index (κ2) is 10.3. The van der Waals surface area contributed by atoms with Crippen LogP contribution in [0, 0.1) is 0 Å². The van der Waals surface area contributed by atoms with E-state index in [2.05, 4.69) is 15.0 Å². The highest BCUT2D eigenvalue weighted by Crippen LogP contribution is 2.30. The van der Waals surface area contributed by atoms with E-state index in [1.165, 1.54) is 12.3 Å². The number of carbonyl (C=O) groups is 2. The molecule has 1 aromatic heterocycles. The number of anilines is 1. The third-order valence-electron chi connectivity index (χ3n) is 5.98. The molecule has 0 atom stereocenters. The Kier molecular flexibility index (Phi) is 7.23. The number of rotatable bonds is 7. The first kappa shape index (κ1) is 23.8. The molecule has 8 nitrogen and oxygen atoms in total. The van der Waals surface area contributed by atoms with Crippen molar-refractivity contribution in [3.8, 4) is 0 Å². The molecule has 0 unspecified atom stereocenters. The summed E-state index contributed by atoms with van der Waals surface area (Å²) in [6, 6.07) is 13.3. The second-order valence-electron chi connectivity index (χ2n) is 8.38. The number of sulfonamides is 1. The van der Waals surface area contributed by atoms with Gasteiger partial charge in [-0.15, -0.1) is 0 Å². The Hall–Kier alpha value is -3.30. The quantitative estimate of drug-likeness (QED) is 0.538. The lowest BCUT2D eigenvalue weighted by Gasteiger charge is -2.32. The molecule has 0 saturated carbocycles. The fraction of sp³-hybridized carbons (Fsp3) is 0.320. The predicted molar refractivity (Wildman–Crippen MR) is 131 cm³/mol. The SMILES string of the molecule is CCCC(=O)N1CCC(NS(=O)(=O)c2ccc(NC(=O)c3cccnc3)c3ccccc23)CC1. The van der Waals surface area contributed by atoms with Crippen LogP contribution in [-0.2, 0) is 14.8 Å². The van der Waals surface area contributed by atoms with Gasteiger partial charge in [-0.05, 0) is 43.5 Å². The van der Waals surface area contributed by atoms with E-state index in [9.17, 15) is 18.0 Å². The third-order valence-corrected chi connectivity index (χ3v) is 7.56. The van der Waals surface area contributed by atoms with E-state index in [4.69, 9.17) is 0 Å². The van der Waals surface area contributed by atoms with Crippen LogP contribution < -0.4 is 10.0 Å². The number of pyridine rings is 1. The number of nitrogens with one attached hydrogen (secondary N) is 2. The zero-order valence-corrected chi connectivity index (χ0v) is 19.8. The van der Waals surface area contributed by atoms with Crippen LogP contribution in [-0.4, -0.2) is 49.2 Å². The van der Waals surface area contributed by atoms with Crippen LogP contribution in [0.1, 0.15) is 43.0 Å². The van der Waals surface area contributed by atoms with Crippen LogP contribution in [0.4, 0.5) is 5.69 Å². The number of fused-ring (bicyclic) bond motifs is 1. The highest BCUT2D eigenvalue weighted by Gasteiger charge is 2.27. The van der Waals surface area contributed by atoms with E-state index in [1.807, 2.05) is 11.8 Å². The molecule has 2 amide bonds. The summed E-state index contributed by atoms with van der Waals surface area (Å²) in [7, 11) is -3.81. The van der Waals surface area contributed by atoms with Crippen LogP contribution in [0.5, 0.6) is 0 Å². The normalized spacial score (nSPS) is 14.8. The summed E-state index contributed by atoms with van der Waals surface area (Å²) in [5.41, 5.74) is 0.930.